The van der Waals surface area contributed by atoms with E-state index in [1.807, 2.05) is 0 Å². The van der Waals surface area contributed by atoms with Crippen LogP contribution in [0.4, 0.5) is 10.7 Å². The first-order chi connectivity index (χ1) is 15.0. The molecule has 1 atom stereocenters. The van der Waals surface area contributed by atoms with Crippen LogP contribution < -0.4 is 15.4 Å². The van der Waals surface area contributed by atoms with Gasteiger partial charge in [0.25, 0.3) is 11.8 Å². The van der Waals surface area contributed by atoms with Gasteiger partial charge in [0, 0.05) is 11.6 Å². The third-order valence-electron chi connectivity index (χ3n) is 4.74. The number of benzene rings is 1. The maximum absolute atomic E-state index is 12.9. The lowest BCUT2D eigenvalue weighted by Gasteiger charge is -2.15. The van der Waals surface area contributed by atoms with Gasteiger partial charge in [-0.2, -0.15) is 0 Å². The van der Waals surface area contributed by atoms with E-state index >= 15 is 0 Å². The van der Waals surface area contributed by atoms with E-state index in [0.29, 0.717) is 32.9 Å². The second-order valence-corrected chi connectivity index (χ2v) is 8.58. The zero-order valence-electron chi connectivity index (χ0n) is 16.8. The van der Waals surface area contributed by atoms with Crippen LogP contribution in [0.1, 0.15) is 38.6 Å². The standard InChI is InChI=1S/C22H21ClN2O5S/c1-13-10-19(25-21(26)18-5-3-9-29-18)31-20(13)22(27)24-16-11-14(23)6-7-17(16)30-12-15-4-2-8-28-15/h3,5-7,9-11,15H,2,4,8,12H2,1H3,(H,24,27)(H,25,26). The van der Waals surface area contributed by atoms with Crippen molar-refractivity contribution >= 4 is 45.4 Å². The molecule has 0 bridgehead atoms. The number of carbonyl (C=O) groups excluding carboxylic acids is 2. The van der Waals surface area contributed by atoms with Crippen molar-refractivity contribution < 1.29 is 23.5 Å². The minimum atomic E-state index is -0.377. The quantitative estimate of drug-likeness (QED) is 0.495. The van der Waals surface area contributed by atoms with E-state index in [4.69, 9.17) is 25.5 Å². The fourth-order valence-corrected chi connectivity index (χ4v) is 4.35. The Bertz CT molecular complexity index is 1070. The molecule has 0 radical (unpaired) electrons. The van der Waals surface area contributed by atoms with Gasteiger partial charge in [-0.15, -0.1) is 11.3 Å². The molecule has 31 heavy (non-hydrogen) atoms. The highest BCUT2D eigenvalue weighted by Crippen LogP contribution is 2.32. The third kappa shape index (κ3) is 5.28. The number of furan rings is 1. The van der Waals surface area contributed by atoms with Crippen LogP contribution in [0.3, 0.4) is 0 Å². The minimum Gasteiger partial charge on any atom is -0.489 e. The highest BCUT2D eigenvalue weighted by molar-refractivity contribution is 7.18. The van der Waals surface area contributed by atoms with Gasteiger partial charge in [0.1, 0.15) is 12.4 Å². The van der Waals surface area contributed by atoms with E-state index in [-0.39, 0.29) is 23.7 Å². The van der Waals surface area contributed by atoms with E-state index in [0.717, 1.165) is 25.0 Å². The summed E-state index contributed by atoms with van der Waals surface area (Å²) in [4.78, 5) is 25.6. The lowest BCUT2D eigenvalue weighted by Crippen LogP contribution is -2.18. The highest BCUT2D eigenvalue weighted by atomic mass is 35.5. The molecule has 9 heteroatoms. The molecule has 1 aliphatic rings. The van der Waals surface area contributed by atoms with Crippen LogP contribution in [0.5, 0.6) is 5.75 Å². The van der Waals surface area contributed by atoms with E-state index in [1.165, 1.54) is 17.6 Å². The molecule has 0 aliphatic carbocycles. The van der Waals surface area contributed by atoms with Gasteiger partial charge in [-0.05, 0) is 61.7 Å². The smallest absolute Gasteiger partial charge is 0.291 e. The number of anilines is 2. The van der Waals surface area contributed by atoms with Crippen LogP contribution in [-0.4, -0.2) is 31.1 Å². The molecular formula is C22H21ClN2O5S. The Balaban J connectivity index is 1.46. The lowest BCUT2D eigenvalue weighted by atomic mass is 10.2. The number of halogens is 1. The molecule has 162 valence electrons. The average molecular weight is 461 g/mol. The highest BCUT2D eigenvalue weighted by Gasteiger charge is 2.20. The van der Waals surface area contributed by atoms with Gasteiger partial charge in [0.15, 0.2) is 5.76 Å². The van der Waals surface area contributed by atoms with Gasteiger partial charge in [0.2, 0.25) is 0 Å². The zero-order valence-corrected chi connectivity index (χ0v) is 18.3. The van der Waals surface area contributed by atoms with Gasteiger partial charge in [-0.3, -0.25) is 9.59 Å². The fraction of sp³-hybridized carbons (Fsp3) is 0.273. The first-order valence-corrected chi connectivity index (χ1v) is 11.0. The third-order valence-corrected chi connectivity index (χ3v) is 6.13. The second kappa shape index (κ2) is 9.55. The van der Waals surface area contributed by atoms with Gasteiger partial charge >= 0.3 is 0 Å². The molecule has 0 spiro atoms. The molecule has 3 heterocycles. The van der Waals surface area contributed by atoms with Crippen LogP contribution in [-0.2, 0) is 4.74 Å². The van der Waals surface area contributed by atoms with Crippen molar-refractivity contribution in [3.8, 4) is 5.75 Å². The van der Waals surface area contributed by atoms with Gasteiger partial charge in [-0.25, -0.2) is 0 Å². The molecule has 0 saturated carbocycles. The van der Waals surface area contributed by atoms with Crippen molar-refractivity contribution in [1.82, 2.24) is 0 Å². The minimum absolute atomic E-state index is 0.0547. The van der Waals surface area contributed by atoms with Crippen molar-refractivity contribution in [2.45, 2.75) is 25.9 Å². The first-order valence-electron chi connectivity index (χ1n) is 9.80. The Kier molecular flexibility index (Phi) is 6.60. The van der Waals surface area contributed by atoms with Crippen LogP contribution >= 0.6 is 22.9 Å². The van der Waals surface area contributed by atoms with Crippen molar-refractivity contribution in [1.29, 1.82) is 0 Å². The Labute approximate surface area is 188 Å². The molecule has 2 amide bonds. The molecule has 1 fully saturated rings. The number of carbonyl (C=O) groups is 2. The number of rotatable bonds is 7. The summed E-state index contributed by atoms with van der Waals surface area (Å²) < 4.78 is 16.6. The van der Waals surface area contributed by atoms with Crippen molar-refractivity contribution in [2.75, 3.05) is 23.8 Å². The van der Waals surface area contributed by atoms with Crippen LogP contribution in [0.15, 0.2) is 47.1 Å². The summed E-state index contributed by atoms with van der Waals surface area (Å²) in [5.41, 5.74) is 1.21. The fourth-order valence-electron chi connectivity index (χ4n) is 3.21. The van der Waals surface area contributed by atoms with Crippen molar-refractivity contribution in [3.05, 3.63) is 63.9 Å². The number of amides is 2. The molecule has 1 saturated heterocycles. The molecular weight excluding hydrogens is 440 g/mol. The Morgan fingerprint density at radius 2 is 2.10 bits per heavy atom. The largest absolute Gasteiger partial charge is 0.489 e. The first kappa shape index (κ1) is 21.4. The Morgan fingerprint density at radius 1 is 1.23 bits per heavy atom. The van der Waals surface area contributed by atoms with E-state index in [9.17, 15) is 9.59 Å². The van der Waals surface area contributed by atoms with Crippen LogP contribution in [0.25, 0.3) is 0 Å². The molecule has 1 unspecified atom stereocenters. The Hall–Kier alpha value is -2.81. The molecule has 2 aromatic heterocycles. The molecule has 3 aromatic rings. The summed E-state index contributed by atoms with van der Waals surface area (Å²) in [6.45, 7) is 2.96. The predicted molar refractivity (Wildman–Crippen MR) is 120 cm³/mol. The number of hydrogen-bond acceptors (Lipinski definition) is 6. The Morgan fingerprint density at radius 3 is 2.84 bits per heavy atom. The number of nitrogens with one attached hydrogen (secondary N) is 2. The summed E-state index contributed by atoms with van der Waals surface area (Å²) in [6, 6.07) is 10.0. The molecule has 2 N–H and O–H groups in total. The molecule has 1 aliphatic heterocycles. The lowest BCUT2D eigenvalue weighted by molar-refractivity contribution is 0.0682. The molecule has 4 rings (SSSR count). The summed E-state index contributed by atoms with van der Waals surface area (Å²) in [5, 5.41) is 6.64. The SMILES string of the molecule is Cc1cc(NC(=O)c2ccco2)sc1C(=O)Nc1cc(Cl)ccc1OCC1CCCO1. The van der Waals surface area contributed by atoms with Gasteiger partial charge < -0.3 is 24.5 Å². The number of hydrogen-bond donors (Lipinski definition) is 2. The number of thiophene rings is 1. The maximum Gasteiger partial charge on any atom is 0.291 e. The summed E-state index contributed by atoms with van der Waals surface area (Å²) in [7, 11) is 0. The summed E-state index contributed by atoms with van der Waals surface area (Å²) in [6.07, 6.45) is 3.46. The van der Waals surface area contributed by atoms with E-state index in [1.54, 1.807) is 43.3 Å². The average Bonchev–Trinajstić information content (AvgIpc) is 3.50. The molecule has 7 nitrogen and oxygen atoms in total. The van der Waals surface area contributed by atoms with Crippen LogP contribution in [0, 0.1) is 6.92 Å². The number of aryl methyl sites for hydroxylation is 1. The van der Waals surface area contributed by atoms with Gasteiger partial charge in [0.05, 0.1) is 27.9 Å². The second-order valence-electron chi connectivity index (χ2n) is 7.09. The van der Waals surface area contributed by atoms with E-state index in [2.05, 4.69) is 10.6 Å². The van der Waals surface area contributed by atoms with Crippen molar-refractivity contribution in [2.24, 2.45) is 0 Å². The van der Waals surface area contributed by atoms with Crippen LogP contribution in [0.2, 0.25) is 5.02 Å². The maximum atomic E-state index is 12.9. The predicted octanol–water partition coefficient (Wildman–Crippen LogP) is 5.37. The zero-order chi connectivity index (χ0) is 21.8. The van der Waals surface area contributed by atoms with Gasteiger partial charge in [-0.1, -0.05) is 11.6 Å². The summed E-state index contributed by atoms with van der Waals surface area (Å²) >= 11 is 7.31. The van der Waals surface area contributed by atoms with E-state index < -0.39 is 0 Å². The number of ether oxygens (including phenoxy) is 2. The normalized spacial score (nSPS) is 15.6. The molecule has 1 aromatic carbocycles. The monoisotopic (exact) mass is 460 g/mol. The van der Waals surface area contributed by atoms with Crippen molar-refractivity contribution in [3.63, 3.8) is 0 Å². The summed E-state index contributed by atoms with van der Waals surface area (Å²) in [5.74, 6) is 0.0286. The topological polar surface area (TPSA) is 89.8 Å².